The van der Waals surface area contributed by atoms with Crippen LogP contribution in [-0.2, 0) is 10.8 Å². The third-order valence-corrected chi connectivity index (χ3v) is 4.54. The van der Waals surface area contributed by atoms with Crippen molar-refractivity contribution in [2.24, 2.45) is 0 Å². The molecule has 0 aliphatic rings. The van der Waals surface area contributed by atoms with Crippen molar-refractivity contribution in [1.82, 2.24) is 10.3 Å². The van der Waals surface area contributed by atoms with Gasteiger partial charge in [0, 0.05) is 33.5 Å². The molecule has 1 unspecified atom stereocenters. The summed E-state index contributed by atoms with van der Waals surface area (Å²) in [5.74, 6) is 0.967. The summed E-state index contributed by atoms with van der Waals surface area (Å²) in [6, 6.07) is 3.42. The molecule has 0 spiro atoms. The molecule has 0 saturated carbocycles. The number of carbonyl (C=O) groups excluding carboxylic acids is 1. The quantitative estimate of drug-likeness (QED) is 0.896. The van der Waals surface area contributed by atoms with E-state index in [9.17, 15) is 9.00 Å². The van der Waals surface area contributed by atoms with Gasteiger partial charge in [-0.1, -0.05) is 0 Å². The summed E-state index contributed by atoms with van der Waals surface area (Å²) in [6.07, 6.45) is 0. The summed E-state index contributed by atoms with van der Waals surface area (Å²) in [5, 5.41) is 5.37. The number of carbonyl (C=O) groups is 1. The van der Waals surface area contributed by atoms with Crippen molar-refractivity contribution in [2.75, 3.05) is 17.6 Å². The monoisotopic (exact) mass is 297 g/mol. The van der Waals surface area contributed by atoms with Crippen LogP contribution in [0.3, 0.4) is 0 Å². The molecule has 0 saturated heterocycles. The van der Waals surface area contributed by atoms with Gasteiger partial charge >= 0.3 is 6.03 Å². The second-order valence-electron chi connectivity index (χ2n) is 5.71. The lowest BCUT2D eigenvalue weighted by molar-refractivity contribution is 0.252. The fourth-order valence-corrected chi connectivity index (χ4v) is 2.53. The Balaban J connectivity index is 2.43. The number of rotatable bonds is 4. The normalized spacial score (nSPS) is 12.8. The molecule has 1 atom stereocenters. The van der Waals surface area contributed by atoms with Gasteiger partial charge in [-0.05, 0) is 52.3 Å². The van der Waals surface area contributed by atoms with Crippen LogP contribution in [0.1, 0.15) is 32.0 Å². The van der Waals surface area contributed by atoms with Gasteiger partial charge in [0.05, 0.1) is 0 Å². The predicted molar refractivity (Wildman–Crippen MR) is 83.5 cm³/mol. The Labute approximate surface area is 123 Å². The smallest absolute Gasteiger partial charge is 0.320 e. The average Bonchev–Trinajstić information content (AvgIpc) is 2.25. The maximum atomic E-state index is 11.8. The van der Waals surface area contributed by atoms with Gasteiger partial charge in [-0.3, -0.25) is 9.53 Å². The second kappa shape index (κ2) is 6.83. The van der Waals surface area contributed by atoms with E-state index in [0.29, 0.717) is 18.1 Å². The van der Waals surface area contributed by atoms with Gasteiger partial charge in [-0.25, -0.2) is 9.78 Å². The number of urea groups is 1. The third kappa shape index (κ3) is 5.69. The van der Waals surface area contributed by atoms with Gasteiger partial charge in [-0.15, -0.1) is 0 Å². The Kier molecular flexibility index (Phi) is 5.68. The fraction of sp³-hybridized carbons (Fsp3) is 0.571. The molecule has 2 N–H and O–H groups in total. The lowest BCUT2D eigenvalue weighted by atomic mass is 10.2. The first kappa shape index (κ1) is 16.6. The Morgan fingerprint density at radius 2 is 1.95 bits per heavy atom. The summed E-state index contributed by atoms with van der Waals surface area (Å²) in [4.78, 5) is 15.9. The maximum absolute atomic E-state index is 11.8. The number of aromatic nitrogens is 1. The molecule has 5 nitrogen and oxygen atoms in total. The highest BCUT2D eigenvalue weighted by molar-refractivity contribution is 7.86. The van der Waals surface area contributed by atoms with Crippen LogP contribution in [0.25, 0.3) is 0 Å². The largest absolute Gasteiger partial charge is 0.337 e. The number of pyridine rings is 1. The number of aryl methyl sites for hydroxylation is 2. The third-order valence-electron chi connectivity index (χ3n) is 2.60. The van der Waals surface area contributed by atoms with Gasteiger partial charge < -0.3 is 5.32 Å². The van der Waals surface area contributed by atoms with Crippen LogP contribution in [0, 0.1) is 13.8 Å². The topological polar surface area (TPSA) is 71.1 Å². The van der Waals surface area contributed by atoms with Crippen LogP contribution in [-0.4, -0.2) is 32.3 Å². The van der Waals surface area contributed by atoms with E-state index in [0.717, 1.165) is 11.3 Å². The molecule has 112 valence electrons. The van der Waals surface area contributed by atoms with Crippen LogP contribution in [0.15, 0.2) is 12.1 Å². The number of anilines is 1. The van der Waals surface area contributed by atoms with E-state index < -0.39 is 10.8 Å². The van der Waals surface area contributed by atoms with E-state index in [2.05, 4.69) is 15.6 Å². The Bertz CT molecular complexity index is 489. The Morgan fingerprint density at radius 3 is 2.50 bits per heavy atom. The van der Waals surface area contributed by atoms with Crippen molar-refractivity contribution in [3.63, 3.8) is 0 Å². The van der Waals surface area contributed by atoms with Crippen LogP contribution < -0.4 is 10.6 Å². The average molecular weight is 297 g/mol. The first-order valence-corrected chi connectivity index (χ1v) is 7.89. The zero-order chi connectivity index (χ0) is 15.3. The van der Waals surface area contributed by atoms with E-state index in [1.54, 1.807) is 6.07 Å². The first-order chi connectivity index (χ1) is 9.18. The molecule has 0 aliphatic carbocycles. The zero-order valence-electron chi connectivity index (χ0n) is 12.7. The molecule has 0 aliphatic heterocycles. The molecular formula is C14H23N3O2S. The van der Waals surface area contributed by atoms with E-state index >= 15 is 0 Å². The van der Waals surface area contributed by atoms with Gasteiger partial charge in [-0.2, -0.15) is 0 Å². The highest BCUT2D eigenvalue weighted by Crippen LogP contribution is 2.11. The van der Waals surface area contributed by atoms with E-state index in [1.165, 1.54) is 0 Å². The SMILES string of the molecule is Cc1cc(C)nc(NC(=O)NCCS(=O)C(C)(C)C)c1. The van der Waals surface area contributed by atoms with Crippen molar-refractivity contribution >= 4 is 22.6 Å². The highest BCUT2D eigenvalue weighted by Gasteiger charge is 2.18. The minimum Gasteiger partial charge on any atom is -0.337 e. The highest BCUT2D eigenvalue weighted by atomic mass is 32.2. The van der Waals surface area contributed by atoms with E-state index in [4.69, 9.17) is 0 Å². The second-order valence-corrected chi connectivity index (χ2v) is 8.04. The Hall–Kier alpha value is -1.43. The standard InChI is InChI=1S/C14H23N3O2S/c1-10-8-11(2)16-12(9-10)17-13(18)15-6-7-20(19)14(3,4)5/h8-9H,6-7H2,1-5H3,(H2,15,16,17,18). The van der Waals surface area contributed by atoms with E-state index in [-0.39, 0.29) is 10.8 Å². The van der Waals surface area contributed by atoms with Gasteiger partial charge in [0.2, 0.25) is 0 Å². The molecule has 0 radical (unpaired) electrons. The molecule has 0 bridgehead atoms. The molecular weight excluding hydrogens is 274 g/mol. The van der Waals surface area contributed by atoms with Crippen LogP contribution in [0.5, 0.6) is 0 Å². The molecule has 1 aromatic rings. The lowest BCUT2D eigenvalue weighted by Crippen LogP contribution is -2.35. The molecule has 0 aromatic carbocycles. The van der Waals surface area contributed by atoms with Crippen molar-refractivity contribution in [3.8, 4) is 0 Å². The number of hydrogen-bond acceptors (Lipinski definition) is 3. The number of hydrogen-bond donors (Lipinski definition) is 2. The van der Waals surface area contributed by atoms with Crippen molar-refractivity contribution < 1.29 is 9.00 Å². The van der Waals surface area contributed by atoms with Crippen molar-refractivity contribution in [1.29, 1.82) is 0 Å². The molecule has 1 rings (SSSR count). The molecule has 6 heteroatoms. The minimum atomic E-state index is -0.966. The predicted octanol–water partition coefficient (Wildman–Crippen LogP) is 2.37. The summed E-state index contributed by atoms with van der Waals surface area (Å²) in [7, 11) is -0.966. The number of nitrogens with zero attached hydrogens (tertiary/aromatic N) is 1. The van der Waals surface area contributed by atoms with Gasteiger partial charge in [0.1, 0.15) is 5.82 Å². The summed E-state index contributed by atoms with van der Waals surface area (Å²) < 4.78 is 11.6. The van der Waals surface area contributed by atoms with Crippen molar-refractivity contribution in [2.45, 2.75) is 39.4 Å². The van der Waals surface area contributed by atoms with Gasteiger partial charge in [0.25, 0.3) is 0 Å². The Morgan fingerprint density at radius 1 is 1.30 bits per heavy atom. The minimum absolute atomic E-state index is 0.257. The van der Waals surface area contributed by atoms with Crippen molar-refractivity contribution in [3.05, 3.63) is 23.4 Å². The van der Waals surface area contributed by atoms with Crippen LogP contribution in [0.4, 0.5) is 10.6 Å². The summed E-state index contributed by atoms with van der Waals surface area (Å²) >= 11 is 0. The molecule has 1 aromatic heterocycles. The molecule has 1 heterocycles. The molecule has 0 fully saturated rings. The van der Waals surface area contributed by atoms with Crippen LogP contribution >= 0.6 is 0 Å². The molecule has 20 heavy (non-hydrogen) atoms. The maximum Gasteiger partial charge on any atom is 0.320 e. The summed E-state index contributed by atoms with van der Waals surface area (Å²) in [5.41, 5.74) is 1.90. The summed E-state index contributed by atoms with van der Waals surface area (Å²) in [6.45, 7) is 9.96. The number of nitrogens with one attached hydrogen (secondary N) is 2. The van der Waals surface area contributed by atoms with Gasteiger partial charge in [0.15, 0.2) is 0 Å². The van der Waals surface area contributed by atoms with Crippen LogP contribution in [0.2, 0.25) is 0 Å². The molecule has 2 amide bonds. The number of amides is 2. The zero-order valence-corrected chi connectivity index (χ0v) is 13.6. The fourth-order valence-electron chi connectivity index (χ4n) is 1.63. The lowest BCUT2D eigenvalue weighted by Gasteiger charge is -2.17. The van der Waals surface area contributed by atoms with E-state index in [1.807, 2.05) is 40.7 Å². The first-order valence-electron chi connectivity index (χ1n) is 6.57.